The first kappa shape index (κ1) is 16.0. The molecule has 2 atom stereocenters. The summed E-state index contributed by atoms with van der Waals surface area (Å²) < 4.78 is 0. The lowest BCUT2D eigenvalue weighted by Crippen LogP contribution is -2.51. The zero-order valence-corrected chi connectivity index (χ0v) is 13.3. The number of amides is 1. The lowest BCUT2D eigenvalue weighted by Gasteiger charge is -2.36. The van der Waals surface area contributed by atoms with Crippen LogP contribution in [0.5, 0.6) is 0 Å². The van der Waals surface area contributed by atoms with Gasteiger partial charge in [-0.1, -0.05) is 50.6 Å². The predicted octanol–water partition coefficient (Wildman–Crippen LogP) is 3.08. The second kappa shape index (κ2) is 7.60. The van der Waals surface area contributed by atoms with Crippen molar-refractivity contribution in [2.24, 2.45) is 5.41 Å². The standard InChI is InChI=1S/C18H28N2O/c1-3-10-18(11-7-12-19-14-18)17(21)20-13-15(2)16-8-5-4-6-9-16/h4-6,8-9,15,19H,3,7,10-14H2,1-2H3,(H,20,21). The largest absolute Gasteiger partial charge is 0.355 e. The molecule has 0 spiro atoms. The van der Waals surface area contributed by atoms with Gasteiger partial charge in [-0.3, -0.25) is 4.79 Å². The highest BCUT2D eigenvalue weighted by Gasteiger charge is 2.38. The van der Waals surface area contributed by atoms with Crippen LogP contribution in [0.1, 0.15) is 51.0 Å². The van der Waals surface area contributed by atoms with E-state index in [1.165, 1.54) is 5.56 Å². The van der Waals surface area contributed by atoms with Crippen LogP contribution in [0.3, 0.4) is 0 Å². The van der Waals surface area contributed by atoms with Gasteiger partial charge < -0.3 is 10.6 Å². The number of hydrogen-bond donors (Lipinski definition) is 2. The van der Waals surface area contributed by atoms with E-state index in [0.717, 1.165) is 38.8 Å². The summed E-state index contributed by atoms with van der Waals surface area (Å²) in [6.07, 6.45) is 4.15. The summed E-state index contributed by atoms with van der Waals surface area (Å²) >= 11 is 0. The second-order valence-corrected chi connectivity index (χ2v) is 6.33. The molecule has 0 saturated carbocycles. The zero-order valence-electron chi connectivity index (χ0n) is 13.3. The van der Waals surface area contributed by atoms with E-state index in [1.807, 2.05) is 6.07 Å². The topological polar surface area (TPSA) is 41.1 Å². The maximum Gasteiger partial charge on any atom is 0.227 e. The van der Waals surface area contributed by atoms with Crippen LogP contribution in [0.25, 0.3) is 0 Å². The van der Waals surface area contributed by atoms with E-state index >= 15 is 0 Å². The summed E-state index contributed by atoms with van der Waals surface area (Å²) in [6.45, 7) is 6.91. The molecule has 116 valence electrons. The van der Waals surface area contributed by atoms with Crippen molar-refractivity contribution in [2.45, 2.75) is 45.4 Å². The summed E-state index contributed by atoms with van der Waals surface area (Å²) in [5.41, 5.74) is 1.09. The summed E-state index contributed by atoms with van der Waals surface area (Å²) in [7, 11) is 0. The van der Waals surface area contributed by atoms with Crippen molar-refractivity contribution in [1.29, 1.82) is 0 Å². The van der Waals surface area contributed by atoms with E-state index in [9.17, 15) is 4.79 Å². The molecule has 2 rings (SSSR count). The summed E-state index contributed by atoms with van der Waals surface area (Å²) in [6, 6.07) is 10.4. The average Bonchev–Trinajstić information content (AvgIpc) is 2.54. The Morgan fingerprint density at radius 3 is 2.76 bits per heavy atom. The molecule has 0 bridgehead atoms. The molecule has 1 aliphatic rings. The van der Waals surface area contributed by atoms with Gasteiger partial charge >= 0.3 is 0 Å². The molecule has 3 nitrogen and oxygen atoms in total. The fraction of sp³-hybridized carbons (Fsp3) is 0.611. The molecule has 3 heteroatoms. The highest BCUT2D eigenvalue weighted by Crippen LogP contribution is 2.32. The summed E-state index contributed by atoms with van der Waals surface area (Å²) in [4.78, 5) is 12.7. The Bertz CT molecular complexity index is 432. The molecule has 2 unspecified atom stereocenters. The first-order valence-electron chi connectivity index (χ1n) is 8.22. The van der Waals surface area contributed by atoms with E-state index in [2.05, 4.69) is 48.7 Å². The molecule has 0 radical (unpaired) electrons. The minimum Gasteiger partial charge on any atom is -0.355 e. The molecule has 1 aliphatic heterocycles. The quantitative estimate of drug-likeness (QED) is 0.844. The number of hydrogen-bond acceptors (Lipinski definition) is 2. The van der Waals surface area contributed by atoms with Crippen LogP contribution in [0, 0.1) is 5.41 Å². The molecule has 1 fully saturated rings. The second-order valence-electron chi connectivity index (χ2n) is 6.33. The Morgan fingerprint density at radius 1 is 1.38 bits per heavy atom. The Morgan fingerprint density at radius 2 is 2.14 bits per heavy atom. The van der Waals surface area contributed by atoms with Gasteiger partial charge in [0.05, 0.1) is 5.41 Å². The van der Waals surface area contributed by atoms with Crippen molar-refractivity contribution in [3.8, 4) is 0 Å². The number of carbonyl (C=O) groups is 1. The normalized spacial score (nSPS) is 23.5. The predicted molar refractivity (Wildman–Crippen MR) is 87.3 cm³/mol. The molecule has 0 aromatic heterocycles. The van der Waals surface area contributed by atoms with Crippen LogP contribution in [0.2, 0.25) is 0 Å². The van der Waals surface area contributed by atoms with E-state index in [0.29, 0.717) is 12.5 Å². The lowest BCUT2D eigenvalue weighted by atomic mass is 9.76. The Hall–Kier alpha value is -1.35. The molecule has 1 amide bonds. The van der Waals surface area contributed by atoms with Crippen LogP contribution in [0.4, 0.5) is 0 Å². The highest BCUT2D eigenvalue weighted by molar-refractivity contribution is 5.83. The summed E-state index contributed by atoms with van der Waals surface area (Å²) in [5, 5.41) is 6.60. The van der Waals surface area contributed by atoms with Crippen LogP contribution in [0.15, 0.2) is 30.3 Å². The van der Waals surface area contributed by atoms with Gasteiger partial charge in [-0.2, -0.15) is 0 Å². The molecule has 1 aromatic carbocycles. The molecular weight excluding hydrogens is 260 g/mol. The van der Waals surface area contributed by atoms with Gasteiger partial charge in [0.2, 0.25) is 5.91 Å². The summed E-state index contributed by atoms with van der Waals surface area (Å²) in [5.74, 6) is 0.588. The fourth-order valence-corrected chi connectivity index (χ4v) is 3.30. The van der Waals surface area contributed by atoms with Crippen LogP contribution >= 0.6 is 0 Å². The van der Waals surface area contributed by atoms with Gasteiger partial charge in [0.1, 0.15) is 0 Å². The molecule has 1 saturated heterocycles. The van der Waals surface area contributed by atoms with Gasteiger partial charge in [0.15, 0.2) is 0 Å². The third kappa shape index (κ3) is 4.07. The van der Waals surface area contributed by atoms with E-state index in [1.54, 1.807) is 0 Å². The fourth-order valence-electron chi connectivity index (χ4n) is 3.30. The third-order valence-corrected chi connectivity index (χ3v) is 4.62. The van der Waals surface area contributed by atoms with Crippen LogP contribution < -0.4 is 10.6 Å². The SMILES string of the molecule is CCCC1(C(=O)NCC(C)c2ccccc2)CCCNC1. The van der Waals surface area contributed by atoms with Gasteiger partial charge in [0, 0.05) is 13.1 Å². The van der Waals surface area contributed by atoms with Gasteiger partial charge in [-0.15, -0.1) is 0 Å². The van der Waals surface area contributed by atoms with E-state index in [4.69, 9.17) is 0 Å². The smallest absolute Gasteiger partial charge is 0.227 e. The maximum atomic E-state index is 12.7. The number of nitrogens with one attached hydrogen (secondary N) is 2. The molecule has 1 heterocycles. The minimum absolute atomic E-state index is 0.191. The minimum atomic E-state index is -0.191. The molecule has 2 N–H and O–H groups in total. The highest BCUT2D eigenvalue weighted by atomic mass is 16.2. The average molecular weight is 288 g/mol. The molecular formula is C18H28N2O. The van der Waals surface area contributed by atoms with Crippen molar-refractivity contribution < 1.29 is 4.79 Å². The van der Waals surface area contributed by atoms with Gasteiger partial charge in [0.25, 0.3) is 0 Å². The van der Waals surface area contributed by atoms with E-state index in [-0.39, 0.29) is 11.3 Å². The third-order valence-electron chi connectivity index (χ3n) is 4.62. The van der Waals surface area contributed by atoms with E-state index < -0.39 is 0 Å². The van der Waals surface area contributed by atoms with Crippen molar-refractivity contribution in [2.75, 3.05) is 19.6 Å². The van der Waals surface area contributed by atoms with Gasteiger partial charge in [-0.25, -0.2) is 0 Å². The lowest BCUT2D eigenvalue weighted by molar-refractivity contribution is -0.132. The Kier molecular flexibility index (Phi) is 5.80. The first-order chi connectivity index (χ1) is 10.2. The molecule has 0 aliphatic carbocycles. The molecule has 1 aromatic rings. The van der Waals surface area contributed by atoms with Crippen LogP contribution in [-0.2, 0) is 4.79 Å². The maximum absolute atomic E-state index is 12.7. The monoisotopic (exact) mass is 288 g/mol. The first-order valence-corrected chi connectivity index (χ1v) is 8.22. The zero-order chi connectivity index (χ0) is 15.1. The number of carbonyl (C=O) groups excluding carboxylic acids is 1. The number of benzene rings is 1. The van der Waals surface area contributed by atoms with Crippen molar-refractivity contribution in [3.05, 3.63) is 35.9 Å². The van der Waals surface area contributed by atoms with Crippen molar-refractivity contribution in [1.82, 2.24) is 10.6 Å². The van der Waals surface area contributed by atoms with Crippen molar-refractivity contribution >= 4 is 5.91 Å². The molecule has 21 heavy (non-hydrogen) atoms. The Labute approximate surface area is 128 Å². The van der Waals surface area contributed by atoms with Crippen LogP contribution in [-0.4, -0.2) is 25.5 Å². The van der Waals surface area contributed by atoms with Gasteiger partial charge in [-0.05, 0) is 37.3 Å². The number of piperidine rings is 1. The van der Waals surface area contributed by atoms with Crippen molar-refractivity contribution in [3.63, 3.8) is 0 Å². The Balaban J connectivity index is 1.93. The number of rotatable bonds is 6.